The van der Waals surface area contributed by atoms with E-state index in [-0.39, 0.29) is 24.4 Å². The molecule has 0 radical (unpaired) electrons. The van der Waals surface area contributed by atoms with Gasteiger partial charge in [0.25, 0.3) is 0 Å². The zero-order valence-electron chi connectivity index (χ0n) is 12.0. The number of rotatable bonds is 7. The molecule has 1 rings (SSSR count). The lowest BCUT2D eigenvalue weighted by molar-refractivity contribution is -0.139. The lowest BCUT2D eigenvalue weighted by Gasteiger charge is -2.06. The maximum absolute atomic E-state index is 11.8. The summed E-state index contributed by atoms with van der Waals surface area (Å²) in [5.41, 5.74) is 1.25. The highest BCUT2D eigenvalue weighted by Crippen LogP contribution is 2.07. The largest absolute Gasteiger partial charge is 0.458 e. The summed E-state index contributed by atoms with van der Waals surface area (Å²) in [5, 5.41) is 0. The standard InChI is InChI=1S/C17H18O4/c1-4-10-20-16(18)13(2)11-14(3)17(19)21-12-15-8-6-5-7-9-15/h4-9,11H,1,3,10,12H2,2H3/b13-11+. The van der Waals surface area contributed by atoms with Crippen LogP contribution in [0.4, 0.5) is 0 Å². The van der Waals surface area contributed by atoms with Crippen molar-refractivity contribution in [2.45, 2.75) is 13.5 Å². The SMILES string of the molecule is C=CCOC(=O)/C(C)=C/C(=C)C(=O)OCc1ccccc1. The van der Waals surface area contributed by atoms with Gasteiger partial charge in [-0.2, -0.15) is 0 Å². The Morgan fingerprint density at radius 1 is 1.14 bits per heavy atom. The van der Waals surface area contributed by atoms with E-state index in [9.17, 15) is 9.59 Å². The molecule has 0 aromatic heterocycles. The van der Waals surface area contributed by atoms with Crippen molar-refractivity contribution < 1.29 is 19.1 Å². The topological polar surface area (TPSA) is 52.6 Å². The van der Waals surface area contributed by atoms with E-state index in [2.05, 4.69) is 13.2 Å². The molecule has 1 aromatic rings. The minimum absolute atomic E-state index is 0.0963. The molecule has 0 spiro atoms. The number of ether oxygens (including phenoxy) is 2. The first-order chi connectivity index (χ1) is 10.0. The predicted molar refractivity (Wildman–Crippen MR) is 80.3 cm³/mol. The molecule has 4 nitrogen and oxygen atoms in total. The maximum Gasteiger partial charge on any atom is 0.337 e. The molecular formula is C17H18O4. The Bertz CT molecular complexity index is 555. The van der Waals surface area contributed by atoms with Crippen LogP contribution >= 0.6 is 0 Å². The van der Waals surface area contributed by atoms with Crippen LogP contribution in [0, 0.1) is 0 Å². The molecule has 0 saturated carbocycles. The highest BCUT2D eigenvalue weighted by molar-refractivity contribution is 5.95. The van der Waals surface area contributed by atoms with Crippen molar-refractivity contribution in [3.05, 3.63) is 72.4 Å². The maximum atomic E-state index is 11.8. The number of hydrogen-bond acceptors (Lipinski definition) is 4. The van der Waals surface area contributed by atoms with Crippen LogP contribution in [0.5, 0.6) is 0 Å². The molecule has 110 valence electrons. The minimum Gasteiger partial charge on any atom is -0.458 e. The van der Waals surface area contributed by atoms with Gasteiger partial charge in [-0.05, 0) is 18.6 Å². The Morgan fingerprint density at radius 2 is 1.81 bits per heavy atom. The fourth-order valence-electron chi connectivity index (χ4n) is 1.44. The van der Waals surface area contributed by atoms with Crippen molar-refractivity contribution in [2.24, 2.45) is 0 Å². The number of esters is 2. The highest BCUT2D eigenvalue weighted by Gasteiger charge is 2.10. The summed E-state index contributed by atoms with van der Waals surface area (Å²) in [6.07, 6.45) is 2.81. The first-order valence-electron chi connectivity index (χ1n) is 6.41. The van der Waals surface area contributed by atoms with Gasteiger partial charge < -0.3 is 9.47 Å². The Labute approximate surface area is 124 Å². The summed E-state index contributed by atoms with van der Waals surface area (Å²) in [4.78, 5) is 23.3. The first-order valence-corrected chi connectivity index (χ1v) is 6.41. The monoisotopic (exact) mass is 286 g/mol. The van der Waals surface area contributed by atoms with Crippen LogP contribution in [0.1, 0.15) is 12.5 Å². The van der Waals surface area contributed by atoms with Crippen molar-refractivity contribution >= 4 is 11.9 Å². The lowest BCUT2D eigenvalue weighted by Crippen LogP contribution is -2.09. The second kappa shape index (κ2) is 8.53. The van der Waals surface area contributed by atoms with Gasteiger partial charge in [-0.3, -0.25) is 0 Å². The van der Waals surface area contributed by atoms with Gasteiger partial charge in [0.05, 0.1) is 5.57 Å². The van der Waals surface area contributed by atoms with E-state index in [0.717, 1.165) is 5.56 Å². The van der Waals surface area contributed by atoms with Crippen LogP contribution in [-0.2, 0) is 25.7 Å². The molecule has 0 fully saturated rings. The summed E-state index contributed by atoms with van der Waals surface area (Å²) < 4.78 is 9.94. The van der Waals surface area contributed by atoms with Gasteiger partial charge in [0, 0.05) is 5.57 Å². The fraction of sp³-hybridized carbons (Fsp3) is 0.176. The van der Waals surface area contributed by atoms with Crippen molar-refractivity contribution in [3.8, 4) is 0 Å². The van der Waals surface area contributed by atoms with Gasteiger partial charge in [-0.15, -0.1) is 0 Å². The number of carbonyl (C=O) groups is 2. The summed E-state index contributed by atoms with van der Waals surface area (Å²) in [5.74, 6) is -1.10. The Balaban J connectivity index is 2.52. The predicted octanol–water partition coefficient (Wildman–Crippen LogP) is 2.96. The molecule has 0 saturated heterocycles. The number of carbonyl (C=O) groups excluding carboxylic acids is 2. The van der Waals surface area contributed by atoms with Gasteiger partial charge in [0.2, 0.25) is 0 Å². The quantitative estimate of drug-likeness (QED) is 0.335. The third kappa shape index (κ3) is 5.91. The number of hydrogen-bond donors (Lipinski definition) is 0. The average Bonchev–Trinajstić information content (AvgIpc) is 2.50. The van der Waals surface area contributed by atoms with Crippen molar-refractivity contribution in [1.82, 2.24) is 0 Å². The van der Waals surface area contributed by atoms with Crippen LogP contribution in [0.2, 0.25) is 0 Å². The third-order valence-electron chi connectivity index (χ3n) is 2.52. The van der Waals surface area contributed by atoms with E-state index < -0.39 is 11.9 Å². The van der Waals surface area contributed by atoms with Crippen LogP contribution < -0.4 is 0 Å². The van der Waals surface area contributed by atoms with E-state index >= 15 is 0 Å². The lowest BCUT2D eigenvalue weighted by atomic mass is 10.2. The molecule has 1 aromatic carbocycles. The molecule has 0 aliphatic rings. The summed E-state index contributed by atoms with van der Waals surface area (Å²) in [7, 11) is 0. The molecule has 0 unspecified atom stereocenters. The van der Waals surface area contributed by atoms with Gasteiger partial charge in [0.1, 0.15) is 13.2 Å². The van der Waals surface area contributed by atoms with E-state index in [0.29, 0.717) is 0 Å². The fourth-order valence-corrected chi connectivity index (χ4v) is 1.44. The van der Waals surface area contributed by atoms with Gasteiger partial charge in [-0.25, -0.2) is 9.59 Å². The average molecular weight is 286 g/mol. The van der Waals surface area contributed by atoms with Gasteiger partial charge in [-0.1, -0.05) is 49.6 Å². The summed E-state index contributed by atoms with van der Waals surface area (Å²) in [6, 6.07) is 9.30. The molecule has 0 bridgehead atoms. The van der Waals surface area contributed by atoms with E-state index in [1.807, 2.05) is 30.3 Å². The highest BCUT2D eigenvalue weighted by atomic mass is 16.5. The summed E-state index contributed by atoms with van der Waals surface area (Å²) >= 11 is 0. The van der Waals surface area contributed by atoms with Crippen molar-refractivity contribution in [2.75, 3.05) is 6.61 Å². The molecule has 4 heteroatoms. The van der Waals surface area contributed by atoms with Gasteiger partial charge >= 0.3 is 11.9 Å². The van der Waals surface area contributed by atoms with Crippen LogP contribution in [0.15, 0.2) is 66.8 Å². The Morgan fingerprint density at radius 3 is 2.43 bits per heavy atom. The number of benzene rings is 1. The molecule has 0 aliphatic carbocycles. The molecule has 0 amide bonds. The molecule has 0 atom stereocenters. The van der Waals surface area contributed by atoms with Crippen molar-refractivity contribution in [1.29, 1.82) is 0 Å². The van der Waals surface area contributed by atoms with Crippen LogP contribution in [-0.4, -0.2) is 18.5 Å². The van der Waals surface area contributed by atoms with E-state index in [1.54, 1.807) is 6.92 Å². The molecular weight excluding hydrogens is 268 g/mol. The van der Waals surface area contributed by atoms with E-state index in [4.69, 9.17) is 9.47 Å². The molecule has 0 aliphatic heterocycles. The summed E-state index contributed by atoms with van der Waals surface area (Å²) in [6.45, 7) is 8.86. The van der Waals surface area contributed by atoms with E-state index in [1.165, 1.54) is 12.2 Å². The van der Waals surface area contributed by atoms with Crippen LogP contribution in [0.3, 0.4) is 0 Å². The Hall–Kier alpha value is -2.62. The second-order valence-corrected chi connectivity index (χ2v) is 4.30. The van der Waals surface area contributed by atoms with Crippen LogP contribution in [0.25, 0.3) is 0 Å². The Kier molecular flexibility index (Phi) is 6.68. The third-order valence-corrected chi connectivity index (χ3v) is 2.52. The minimum atomic E-state index is -0.574. The van der Waals surface area contributed by atoms with Gasteiger partial charge in [0.15, 0.2) is 0 Å². The zero-order valence-corrected chi connectivity index (χ0v) is 12.0. The molecule has 0 heterocycles. The molecule has 21 heavy (non-hydrogen) atoms. The first kappa shape index (κ1) is 16.4. The normalized spacial score (nSPS) is 10.6. The molecule has 0 N–H and O–H groups in total. The van der Waals surface area contributed by atoms with Crippen molar-refractivity contribution in [3.63, 3.8) is 0 Å². The second-order valence-electron chi connectivity index (χ2n) is 4.30. The zero-order chi connectivity index (χ0) is 15.7. The smallest absolute Gasteiger partial charge is 0.337 e.